The van der Waals surface area contributed by atoms with Gasteiger partial charge in [0.1, 0.15) is 0 Å². The fourth-order valence-electron chi connectivity index (χ4n) is 4.21. The molecule has 0 amide bonds. The fraction of sp³-hybridized carbons (Fsp3) is 0.345. The third-order valence-corrected chi connectivity index (χ3v) is 6.11. The molecule has 5 heteroatoms. The number of nitrogens with zero attached hydrogens (tertiary/aromatic N) is 3. The van der Waals surface area contributed by atoms with Crippen LogP contribution >= 0.6 is 0 Å². The van der Waals surface area contributed by atoms with Crippen LogP contribution in [-0.2, 0) is 11.3 Å². The molecule has 4 rings (SSSR count). The molecule has 0 bridgehead atoms. The van der Waals surface area contributed by atoms with Gasteiger partial charge in [-0.15, -0.1) is 0 Å². The first kappa shape index (κ1) is 23.7. The Labute approximate surface area is 201 Å². The van der Waals surface area contributed by atoms with Crippen LogP contribution in [0.5, 0.6) is 0 Å². The van der Waals surface area contributed by atoms with Gasteiger partial charge in [0.2, 0.25) is 0 Å². The minimum Gasteiger partial charge on any atom is -0.462 e. The summed E-state index contributed by atoms with van der Waals surface area (Å²) in [6, 6.07) is 21.9. The van der Waals surface area contributed by atoms with Crippen molar-refractivity contribution in [2.45, 2.75) is 58.9 Å². The summed E-state index contributed by atoms with van der Waals surface area (Å²) in [4.78, 5) is 12.1. The van der Waals surface area contributed by atoms with E-state index in [1.807, 2.05) is 6.07 Å². The van der Waals surface area contributed by atoms with E-state index in [9.17, 15) is 4.79 Å². The highest BCUT2D eigenvalue weighted by Crippen LogP contribution is 2.32. The summed E-state index contributed by atoms with van der Waals surface area (Å²) in [5.74, 6) is -0.298. The Hall–Kier alpha value is -3.47. The zero-order valence-electron chi connectivity index (χ0n) is 20.2. The molecular formula is C29H33N3O2. The highest BCUT2D eigenvalue weighted by atomic mass is 16.5. The van der Waals surface area contributed by atoms with Gasteiger partial charge in [0, 0.05) is 28.4 Å². The molecule has 0 saturated carbocycles. The van der Waals surface area contributed by atoms with E-state index in [1.165, 1.54) is 47.5 Å². The lowest BCUT2D eigenvalue weighted by atomic mass is 10.1. The number of carbonyl (C=O) groups is 1. The van der Waals surface area contributed by atoms with E-state index in [4.69, 9.17) is 4.74 Å². The van der Waals surface area contributed by atoms with Gasteiger partial charge < -0.3 is 9.30 Å². The predicted octanol–water partition coefficient (Wildman–Crippen LogP) is 8.75. The number of fused-ring (bicyclic) bond motifs is 3. The predicted molar refractivity (Wildman–Crippen MR) is 139 cm³/mol. The lowest BCUT2D eigenvalue weighted by Gasteiger charge is -2.07. The quantitative estimate of drug-likeness (QED) is 0.129. The second-order valence-corrected chi connectivity index (χ2v) is 8.67. The average molecular weight is 456 g/mol. The monoisotopic (exact) mass is 455 g/mol. The number of carbonyl (C=O) groups excluding carboxylic acids is 1. The summed E-state index contributed by atoms with van der Waals surface area (Å²) < 4.78 is 7.69. The maximum Gasteiger partial charge on any atom is 0.338 e. The van der Waals surface area contributed by atoms with E-state index in [0.29, 0.717) is 17.9 Å². The number of para-hydroxylation sites is 1. The van der Waals surface area contributed by atoms with Gasteiger partial charge in [-0.25, -0.2) is 4.79 Å². The Morgan fingerprint density at radius 2 is 1.47 bits per heavy atom. The first-order valence-corrected chi connectivity index (χ1v) is 12.4. The van der Waals surface area contributed by atoms with Crippen LogP contribution in [-0.4, -0.2) is 17.1 Å². The number of azo groups is 1. The zero-order chi connectivity index (χ0) is 23.8. The second kappa shape index (κ2) is 11.6. The Morgan fingerprint density at radius 3 is 2.26 bits per heavy atom. The molecule has 176 valence electrons. The highest BCUT2D eigenvalue weighted by Gasteiger charge is 2.11. The Balaban J connectivity index is 1.53. The Kier molecular flexibility index (Phi) is 8.08. The molecule has 5 nitrogen and oxygen atoms in total. The summed E-state index contributed by atoms with van der Waals surface area (Å²) in [5.41, 5.74) is 4.54. The molecule has 0 radical (unpaired) electrons. The molecule has 34 heavy (non-hydrogen) atoms. The lowest BCUT2D eigenvalue weighted by molar-refractivity contribution is 0.0500. The fourth-order valence-corrected chi connectivity index (χ4v) is 4.21. The van der Waals surface area contributed by atoms with E-state index >= 15 is 0 Å². The number of ether oxygens (including phenoxy) is 1. The molecule has 0 spiro atoms. The highest BCUT2D eigenvalue weighted by molar-refractivity contribution is 6.08. The van der Waals surface area contributed by atoms with Crippen molar-refractivity contribution in [3.05, 3.63) is 72.3 Å². The van der Waals surface area contributed by atoms with Gasteiger partial charge in [0.15, 0.2) is 0 Å². The van der Waals surface area contributed by atoms with Gasteiger partial charge in [-0.05, 0) is 61.4 Å². The summed E-state index contributed by atoms with van der Waals surface area (Å²) in [5, 5.41) is 11.3. The molecule has 0 N–H and O–H groups in total. The van der Waals surface area contributed by atoms with Crippen LogP contribution in [0.25, 0.3) is 21.8 Å². The molecular weight excluding hydrogens is 422 g/mol. The van der Waals surface area contributed by atoms with E-state index in [0.717, 1.165) is 25.1 Å². The van der Waals surface area contributed by atoms with Crippen molar-refractivity contribution in [3.8, 4) is 0 Å². The van der Waals surface area contributed by atoms with E-state index < -0.39 is 0 Å². The third kappa shape index (κ3) is 5.53. The van der Waals surface area contributed by atoms with Crippen LogP contribution < -0.4 is 0 Å². The third-order valence-electron chi connectivity index (χ3n) is 6.11. The molecule has 0 saturated heterocycles. The summed E-state index contributed by atoms with van der Waals surface area (Å²) >= 11 is 0. The van der Waals surface area contributed by atoms with E-state index in [2.05, 4.69) is 65.0 Å². The smallest absolute Gasteiger partial charge is 0.338 e. The van der Waals surface area contributed by atoms with Crippen LogP contribution in [0, 0.1) is 0 Å². The summed E-state index contributed by atoms with van der Waals surface area (Å²) in [6.07, 6.45) is 6.84. The number of benzene rings is 3. The molecule has 4 aromatic rings. The first-order chi connectivity index (χ1) is 16.7. The average Bonchev–Trinajstić information content (AvgIpc) is 3.19. The largest absolute Gasteiger partial charge is 0.462 e. The number of rotatable bonds is 11. The van der Waals surface area contributed by atoms with Crippen LogP contribution in [0.1, 0.15) is 62.7 Å². The van der Waals surface area contributed by atoms with Crippen molar-refractivity contribution >= 4 is 39.1 Å². The van der Waals surface area contributed by atoms with Crippen LogP contribution in [0.15, 0.2) is 77.0 Å². The minimum atomic E-state index is -0.298. The number of aryl methyl sites for hydroxylation is 1. The van der Waals surface area contributed by atoms with Gasteiger partial charge in [-0.2, -0.15) is 10.2 Å². The first-order valence-electron chi connectivity index (χ1n) is 12.4. The van der Waals surface area contributed by atoms with Crippen molar-refractivity contribution in [1.29, 1.82) is 0 Å². The van der Waals surface area contributed by atoms with Gasteiger partial charge >= 0.3 is 5.97 Å². The number of esters is 1. The number of hydrogen-bond acceptors (Lipinski definition) is 4. The molecule has 1 aromatic heterocycles. The van der Waals surface area contributed by atoms with E-state index in [-0.39, 0.29) is 5.97 Å². The molecule has 0 unspecified atom stereocenters. The summed E-state index contributed by atoms with van der Waals surface area (Å²) in [6.45, 7) is 5.79. The Morgan fingerprint density at radius 1 is 0.765 bits per heavy atom. The van der Waals surface area contributed by atoms with Crippen molar-refractivity contribution in [2.75, 3.05) is 6.61 Å². The topological polar surface area (TPSA) is 56.0 Å². The van der Waals surface area contributed by atoms with E-state index in [1.54, 1.807) is 24.3 Å². The van der Waals surface area contributed by atoms with Gasteiger partial charge in [0.25, 0.3) is 0 Å². The van der Waals surface area contributed by atoms with Crippen molar-refractivity contribution < 1.29 is 9.53 Å². The number of unbranched alkanes of at least 4 members (excludes halogenated alkanes) is 4. The molecule has 0 atom stereocenters. The van der Waals surface area contributed by atoms with Gasteiger partial charge in [-0.1, -0.05) is 57.7 Å². The Bertz CT molecular complexity index is 1270. The van der Waals surface area contributed by atoms with Crippen molar-refractivity contribution in [2.24, 2.45) is 10.2 Å². The van der Waals surface area contributed by atoms with Crippen LogP contribution in [0.3, 0.4) is 0 Å². The SMILES string of the molecule is CCCCCCn1c2ccccc2c2cc(N=Nc3ccc(C(=O)OCCCC)cc3)ccc21. The van der Waals surface area contributed by atoms with Crippen LogP contribution in [0.2, 0.25) is 0 Å². The van der Waals surface area contributed by atoms with Gasteiger partial charge in [0.05, 0.1) is 23.5 Å². The standard InChI is InChI=1S/C29H33N3O2/c1-3-5-7-10-19-32-27-12-9-8-11-25(27)26-21-24(17-18-28(26)32)31-30-23-15-13-22(14-16-23)29(33)34-20-6-4-2/h8-9,11-18,21H,3-7,10,19-20H2,1-2H3. The molecule has 0 aliphatic carbocycles. The number of aromatic nitrogens is 1. The zero-order valence-corrected chi connectivity index (χ0v) is 20.2. The molecule has 3 aromatic carbocycles. The molecule has 1 heterocycles. The maximum atomic E-state index is 12.1. The van der Waals surface area contributed by atoms with Crippen molar-refractivity contribution in [1.82, 2.24) is 4.57 Å². The normalized spacial score (nSPS) is 11.6. The van der Waals surface area contributed by atoms with Crippen molar-refractivity contribution in [3.63, 3.8) is 0 Å². The van der Waals surface area contributed by atoms with Crippen LogP contribution in [0.4, 0.5) is 11.4 Å². The minimum absolute atomic E-state index is 0.298. The molecule has 0 fully saturated rings. The number of hydrogen-bond donors (Lipinski definition) is 0. The lowest BCUT2D eigenvalue weighted by Crippen LogP contribution is -2.05. The second-order valence-electron chi connectivity index (χ2n) is 8.67. The molecule has 0 aliphatic rings. The molecule has 0 aliphatic heterocycles. The summed E-state index contributed by atoms with van der Waals surface area (Å²) in [7, 11) is 0. The van der Waals surface area contributed by atoms with Gasteiger partial charge in [-0.3, -0.25) is 0 Å². The maximum absolute atomic E-state index is 12.1.